The van der Waals surface area contributed by atoms with E-state index in [0.29, 0.717) is 5.92 Å². The van der Waals surface area contributed by atoms with Crippen LogP contribution in [0.2, 0.25) is 0 Å². The number of nitrogens with one attached hydrogen (secondary N) is 1. The summed E-state index contributed by atoms with van der Waals surface area (Å²) in [7, 11) is 0. The maximum Gasteiger partial charge on any atom is 0.0378 e. The van der Waals surface area contributed by atoms with Gasteiger partial charge in [-0.3, -0.25) is 4.98 Å². The van der Waals surface area contributed by atoms with Crippen LogP contribution >= 0.6 is 0 Å². The molecule has 1 saturated heterocycles. The molecule has 14 heavy (non-hydrogen) atoms. The fourth-order valence-electron chi connectivity index (χ4n) is 2.24. The van der Waals surface area contributed by atoms with E-state index in [-0.39, 0.29) is 0 Å². The summed E-state index contributed by atoms with van der Waals surface area (Å²) in [5.41, 5.74) is 3.75. The number of hydrogen-bond donors (Lipinski definition) is 1. The molecular weight excluding hydrogens is 172 g/mol. The van der Waals surface area contributed by atoms with E-state index >= 15 is 0 Å². The Morgan fingerprint density at radius 3 is 2.57 bits per heavy atom. The van der Waals surface area contributed by atoms with Crippen molar-refractivity contribution in [2.45, 2.75) is 32.6 Å². The van der Waals surface area contributed by atoms with Gasteiger partial charge < -0.3 is 5.32 Å². The lowest BCUT2D eigenvalue weighted by Gasteiger charge is -2.23. The van der Waals surface area contributed by atoms with Crippen LogP contribution in [0.3, 0.4) is 0 Å². The van der Waals surface area contributed by atoms with Crippen molar-refractivity contribution >= 4 is 0 Å². The summed E-state index contributed by atoms with van der Waals surface area (Å²) in [4.78, 5) is 4.41. The molecule has 2 heterocycles. The Morgan fingerprint density at radius 2 is 2.00 bits per heavy atom. The van der Waals surface area contributed by atoms with Gasteiger partial charge in [0.15, 0.2) is 0 Å². The number of nitrogens with zero attached hydrogens (tertiary/aromatic N) is 1. The van der Waals surface area contributed by atoms with Gasteiger partial charge in [0.05, 0.1) is 0 Å². The number of aryl methyl sites for hydroxylation is 2. The Kier molecular flexibility index (Phi) is 2.82. The van der Waals surface area contributed by atoms with Crippen LogP contribution in [0.4, 0.5) is 0 Å². The van der Waals surface area contributed by atoms with Crippen LogP contribution in [-0.4, -0.2) is 18.1 Å². The number of hydrogen-bond acceptors (Lipinski definition) is 2. The van der Waals surface area contributed by atoms with Crippen LogP contribution in [0.15, 0.2) is 12.1 Å². The first-order valence-corrected chi connectivity index (χ1v) is 5.41. The second kappa shape index (κ2) is 4.09. The molecule has 1 aliphatic rings. The van der Waals surface area contributed by atoms with Gasteiger partial charge in [-0.2, -0.15) is 0 Å². The van der Waals surface area contributed by atoms with E-state index in [4.69, 9.17) is 0 Å². The molecule has 2 nitrogen and oxygen atoms in total. The van der Waals surface area contributed by atoms with Crippen LogP contribution in [-0.2, 0) is 0 Å². The third kappa shape index (κ3) is 2.13. The lowest BCUT2D eigenvalue weighted by molar-refractivity contribution is 0.461. The second-order valence-corrected chi connectivity index (χ2v) is 4.23. The van der Waals surface area contributed by atoms with Crippen molar-refractivity contribution in [1.82, 2.24) is 10.3 Å². The highest BCUT2D eigenvalue weighted by atomic mass is 14.9. The fourth-order valence-corrected chi connectivity index (χ4v) is 2.24. The summed E-state index contributed by atoms with van der Waals surface area (Å²) in [5, 5.41) is 3.45. The molecule has 0 unspecified atom stereocenters. The lowest BCUT2D eigenvalue weighted by Crippen LogP contribution is -2.28. The molecule has 2 heteroatoms. The highest BCUT2D eigenvalue weighted by Crippen LogP contribution is 2.23. The summed E-state index contributed by atoms with van der Waals surface area (Å²) < 4.78 is 0. The van der Waals surface area contributed by atoms with Gasteiger partial charge >= 0.3 is 0 Å². The third-order valence-electron chi connectivity index (χ3n) is 2.87. The Labute approximate surface area is 85.7 Å². The monoisotopic (exact) mass is 190 g/mol. The van der Waals surface area contributed by atoms with Crippen LogP contribution in [0.25, 0.3) is 0 Å². The molecule has 1 atom stereocenters. The molecule has 76 valence electrons. The second-order valence-electron chi connectivity index (χ2n) is 4.23. The molecule has 1 aromatic heterocycles. The van der Waals surface area contributed by atoms with Gasteiger partial charge in [-0.15, -0.1) is 0 Å². The first-order chi connectivity index (χ1) is 6.75. The molecule has 0 aliphatic carbocycles. The van der Waals surface area contributed by atoms with Crippen molar-refractivity contribution < 1.29 is 0 Å². The fraction of sp³-hybridized carbons (Fsp3) is 0.583. The maximum absolute atomic E-state index is 4.41. The average molecular weight is 190 g/mol. The summed E-state index contributed by atoms with van der Waals surface area (Å²) in [6.07, 6.45) is 2.61. The number of aromatic nitrogens is 1. The SMILES string of the molecule is Cc1cc([C@H]2CCCNC2)cc(C)n1. The lowest BCUT2D eigenvalue weighted by atomic mass is 9.91. The summed E-state index contributed by atoms with van der Waals surface area (Å²) >= 11 is 0. The smallest absolute Gasteiger partial charge is 0.0378 e. The molecule has 0 bridgehead atoms. The van der Waals surface area contributed by atoms with E-state index in [2.05, 4.69) is 36.3 Å². The largest absolute Gasteiger partial charge is 0.316 e. The topological polar surface area (TPSA) is 24.9 Å². The van der Waals surface area contributed by atoms with Gasteiger partial charge in [0.2, 0.25) is 0 Å². The molecular formula is C12H18N2. The predicted octanol–water partition coefficient (Wildman–Crippen LogP) is 2.17. The first-order valence-electron chi connectivity index (χ1n) is 5.41. The van der Waals surface area contributed by atoms with E-state index in [1.165, 1.54) is 24.9 Å². The van der Waals surface area contributed by atoms with Gasteiger partial charge in [0.25, 0.3) is 0 Å². The number of rotatable bonds is 1. The molecule has 1 fully saturated rings. The Hall–Kier alpha value is -0.890. The van der Waals surface area contributed by atoms with Crippen LogP contribution < -0.4 is 5.32 Å². The van der Waals surface area contributed by atoms with Gasteiger partial charge in [0.1, 0.15) is 0 Å². The zero-order chi connectivity index (χ0) is 9.97. The van der Waals surface area contributed by atoms with E-state index in [1.807, 2.05) is 0 Å². The van der Waals surface area contributed by atoms with Crippen molar-refractivity contribution in [2.75, 3.05) is 13.1 Å². The zero-order valence-electron chi connectivity index (χ0n) is 9.01. The molecule has 1 aliphatic heterocycles. The normalized spacial score (nSPS) is 22.3. The first kappa shape index (κ1) is 9.66. The van der Waals surface area contributed by atoms with E-state index in [1.54, 1.807) is 0 Å². The minimum Gasteiger partial charge on any atom is -0.316 e. The summed E-state index contributed by atoms with van der Waals surface area (Å²) in [5.74, 6) is 0.698. The van der Waals surface area contributed by atoms with Gasteiger partial charge in [-0.25, -0.2) is 0 Å². The Morgan fingerprint density at radius 1 is 1.29 bits per heavy atom. The van der Waals surface area contributed by atoms with Crippen molar-refractivity contribution in [3.05, 3.63) is 29.1 Å². The van der Waals surface area contributed by atoms with E-state index in [9.17, 15) is 0 Å². The highest BCUT2D eigenvalue weighted by molar-refractivity contribution is 5.24. The molecule has 0 saturated carbocycles. The highest BCUT2D eigenvalue weighted by Gasteiger charge is 2.15. The van der Waals surface area contributed by atoms with E-state index in [0.717, 1.165) is 17.9 Å². The Balaban J connectivity index is 2.21. The van der Waals surface area contributed by atoms with Crippen molar-refractivity contribution in [2.24, 2.45) is 0 Å². The standard InChI is InChI=1S/C12H18N2/c1-9-6-12(7-10(2)14-9)11-4-3-5-13-8-11/h6-7,11,13H,3-5,8H2,1-2H3/t11-/m0/s1. The van der Waals surface area contributed by atoms with Crippen LogP contribution in [0.5, 0.6) is 0 Å². The molecule has 0 spiro atoms. The zero-order valence-corrected chi connectivity index (χ0v) is 9.01. The summed E-state index contributed by atoms with van der Waals surface area (Å²) in [6, 6.07) is 4.45. The quantitative estimate of drug-likeness (QED) is 0.734. The van der Waals surface area contributed by atoms with Gasteiger partial charge in [-0.1, -0.05) is 0 Å². The number of piperidine rings is 1. The maximum atomic E-state index is 4.41. The Bertz CT molecular complexity index is 294. The van der Waals surface area contributed by atoms with E-state index < -0.39 is 0 Å². The van der Waals surface area contributed by atoms with Gasteiger partial charge in [0, 0.05) is 17.9 Å². The molecule has 0 radical (unpaired) electrons. The molecule has 1 N–H and O–H groups in total. The predicted molar refractivity (Wildman–Crippen MR) is 58.6 cm³/mol. The summed E-state index contributed by atoms with van der Waals surface area (Å²) in [6.45, 7) is 6.46. The van der Waals surface area contributed by atoms with Crippen LogP contribution in [0, 0.1) is 13.8 Å². The molecule has 0 amide bonds. The average Bonchev–Trinajstić information content (AvgIpc) is 2.18. The third-order valence-corrected chi connectivity index (χ3v) is 2.87. The minimum absolute atomic E-state index is 0.698. The van der Waals surface area contributed by atoms with Crippen molar-refractivity contribution in [3.63, 3.8) is 0 Å². The molecule has 1 aromatic rings. The van der Waals surface area contributed by atoms with Crippen molar-refractivity contribution in [1.29, 1.82) is 0 Å². The van der Waals surface area contributed by atoms with Gasteiger partial charge in [-0.05, 0) is 56.8 Å². The van der Waals surface area contributed by atoms with Crippen molar-refractivity contribution in [3.8, 4) is 0 Å². The van der Waals surface area contributed by atoms with Crippen LogP contribution in [0.1, 0.15) is 35.7 Å². The number of pyridine rings is 1. The molecule has 2 rings (SSSR count). The minimum atomic E-state index is 0.698. The molecule has 0 aromatic carbocycles.